The fourth-order valence-electron chi connectivity index (χ4n) is 5.01. The number of carbonyl (C=O) groups is 2. The van der Waals surface area contributed by atoms with Gasteiger partial charge in [-0.25, -0.2) is 0 Å². The quantitative estimate of drug-likeness (QED) is 0.652. The van der Waals surface area contributed by atoms with Crippen molar-refractivity contribution in [2.24, 2.45) is 0 Å². The van der Waals surface area contributed by atoms with Gasteiger partial charge in [0.1, 0.15) is 0 Å². The summed E-state index contributed by atoms with van der Waals surface area (Å²) in [5.41, 5.74) is 0.697. The Morgan fingerprint density at radius 1 is 0.714 bits per heavy atom. The second-order valence-electron chi connectivity index (χ2n) is 7.30. The van der Waals surface area contributed by atoms with Crippen LogP contribution in [0.5, 0.6) is 0 Å². The van der Waals surface area contributed by atoms with Gasteiger partial charge in [0, 0.05) is 43.2 Å². The summed E-state index contributed by atoms with van der Waals surface area (Å²) < 4.78 is 0. The smallest absolute Gasteiger partial charge is 0.249 e. The van der Waals surface area contributed by atoms with Crippen LogP contribution in [0.25, 0.3) is 0 Å². The summed E-state index contributed by atoms with van der Waals surface area (Å²) in [4.78, 5) is 35.4. The summed E-state index contributed by atoms with van der Waals surface area (Å²) in [6.45, 7) is 0. The molecule has 2 amide bonds. The maximum atomic E-state index is 13.9. The minimum absolute atomic E-state index is 0.230. The number of carbonyl (C=O) groups excluding carboxylic acids is 2. The Balaban J connectivity index is 1.95. The molecule has 1 saturated heterocycles. The summed E-state index contributed by atoms with van der Waals surface area (Å²) in [6, 6.07) is 20.9. The van der Waals surface area contributed by atoms with Crippen LogP contribution in [0.4, 0.5) is 0 Å². The highest BCUT2D eigenvalue weighted by Crippen LogP contribution is 2.56. The monoisotopic (exact) mass is 369 g/mol. The van der Waals surface area contributed by atoms with Crippen LogP contribution in [-0.2, 0) is 20.7 Å². The number of likely N-dealkylation sites (N-methyl/N-ethyl adjacent to an activating group) is 2. The molecule has 5 nitrogen and oxygen atoms in total. The number of pyridine rings is 1. The Hall–Kier alpha value is -3.47. The highest BCUT2D eigenvalue weighted by molar-refractivity contribution is 6.18. The van der Waals surface area contributed by atoms with Crippen molar-refractivity contribution in [3.8, 4) is 0 Å². The van der Waals surface area contributed by atoms with Crippen LogP contribution in [0.1, 0.15) is 22.3 Å². The summed E-state index contributed by atoms with van der Waals surface area (Å²) in [5, 5.41) is 0. The number of nitrogens with zero attached hydrogens (tertiary/aromatic N) is 3. The number of rotatable bonds is 2. The molecule has 4 heterocycles. The van der Waals surface area contributed by atoms with Gasteiger partial charge in [0.15, 0.2) is 11.1 Å². The second kappa shape index (κ2) is 5.52. The summed E-state index contributed by atoms with van der Waals surface area (Å²) in [5.74, 6) is -0.461. The third-order valence-electron chi connectivity index (χ3n) is 6.21. The first-order valence-electron chi connectivity index (χ1n) is 9.20. The molecule has 1 fully saturated rings. The number of fused-ring (bicyclic) bond motifs is 2. The predicted molar refractivity (Wildman–Crippen MR) is 104 cm³/mol. The lowest BCUT2D eigenvalue weighted by Crippen LogP contribution is -2.77. The van der Waals surface area contributed by atoms with Crippen LogP contribution in [0.15, 0.2) is 79.1 Å². The van der Waals surface area contributed by atoms with Crippen LogP contribution in [0.2, 0.25) is 0 Å². The molecule has 0 radical (unpaired) electrons. The molecule has 0 spiro atoms. The molecule has 0 unspecified atom stereocenters. The van der Waals surface area contributed by atoms with Crippen molar-refractivity contribution in [2.45, 2.75) is 11.1 Å². The van der Waals surface area contributed by atoms with Gasteiger partial charge >= 0.3 is 0 Å². The van der Waals surface area contributed by atoms with E-state index in [9.17, 15) is 9.59 Å². The maximum Gasteiger partial charge on any atom is 0.249 e. The summed E-state index contributed by atoms with van der Waals surface area (Å²) >= 11 is 0. The fraction of sp³-hybridized carbons (Fsp3) is 0.174. The van der Waals surface area contributed by atoms with Gasteiger partial charge in [0.25, 0.3) is 0 Å². The molecular formula is C23H19N3O2. The molecule has 6 rings (SSSR count). The Morgan fingerprint density at radius 3 is 1.82 bits per heavy atom. The molecule has 0 aliphatic carbocycles. The zero-order chi connectivity index (χ0) is 19.5. The lowest BCUT2D eigenvalue weighted by molar-refractivity contribution is -0.176. The molecule has 0 atom stereocenters. The molecular weight excluding hydrogens is 350 g/mol. The second-order valence-corrected chi connectivity index (χ2v) is 7.30. The highest BCUT2D eigenvalue weighted by atomic mass is 16.2. The third-order valence-corrected chi connectivity index (χ3v) is 6.21. The Bertz CT molecular complexity index is 1070. The van der Waals surface area contributed by atoms with E-state index in [0.29, 0.717) is 11.1 Å². The van der Waals surface area contributed by atoms with Crippen LogP contribution in [-0.4, -0.2) is 40.7 Å². The van der Waals surface area contributed by atoms with Crippen LogP contribution in [0, 0.1) is 0 Å². The van der Waals surface area contributed by atoms with Crippen molar-refractivity contribution >= 4 is 11.8 Å². The number of hydrogen-bond donors (Lipinski definition) is 0. The number of hydrogen-bond acceptors (Lipinski definition) is 3. The van der Waals surface area contributed by atoms with Gasteiger partial charge in [-0.15, -0.1) is 0 Å². The zero-order valence-corrected chi connectivity index (χ0v) is 15.7. The van der Waals surface area contributed by atoms with E-state index >= 15 is 0 Å². The fourth-order valence-corrected chi connectivity index (χ4v) is 5.01. The molecule has 3 aromatic rings. The molecule has 1 aromatic heterocycles. The van der Waals surface area contributed by atoms with Crippen LogP contribution in [0.3, 0.4) is 0 Å². The number of aromatic nitrogens is 1. The maximum absolute atomic E-state index is 13.9. The van der Waals surface area contributed by atoms with Gasteiger partial charge < -0.3 is 9.80 Å². The average Bonchev–Trinajstić information content (AvgIpc) is 2.75. The zero-order valence-electron chi connectivity index (χ0n) is 15.7. The largest absolute Gasteiger partial charge is 0.313 e. The van der Waals surface area contributed by atoms with E-state index in [0.717, 1.165) is 11.1 Å². The van der Waals surface area contributed by atoms with Gasteiger partial charge in [0.2, 0.25) is 11.8 Å². The van der Waals surface area contributed by atoms with E-state index in [4.69, 9.17) is 0 Å². The van der Waals surface area contributed by atoms with Gasteiger partial charge in [0.05, 0.1) is 0 Å². The Kier molecular flexibility index (Phi) is 3.29. The van der Waals surface area contributed by atoms with Crippen molar-refractivity contribution in [3.63, 3.8) is 0 Å². The van der Waals surface area contributed by atoms with Crippen LogP contribution >= 0.6 is 0 Å². The van der Waals surface area contributed by atoms with Crippen LogP contribution < -0.4 is 0 Å². The van der Waals surface area contributed by atoms with Gasteiger partial charge in [-0.1, -0.05) is 60.7 Å². The van der Waals surface area contributed by atoms with E-state index in [1.54, 1.807) is 36.3 Å². The standard InChI is InChI=1S/C23H19N3O2/c1-25-20(27)22(16-9-5-3-6-10-16)19-15-24-14-13-18(19)23(25,26(2)21(22)28)17-11-7-4-8-12-17/h3-15H,1-2H3. The Morgan fingerprint density at radius 2 is 1.25 bits per heavy atom. The molecule has 0 saturated carbocycles. The van der Waals surface area contributed by atoms with Gasteiger partial charge in [-0.3, -0.25) is 14.6 Å². The van der Waals surface area contributed by atoms with Crippen molar-refractivity contribution in [3.05, 3.63) is 101 Å². The van der Waals surface area contributed by atoms with E-state index < -0.39 is 11.1 Å². The van der Waals surface area contributed by atoms with Crippen molar-refractivity contribution in [1.29, 1.82) is 0 Å². The molecule has 2 aromatic carbocycles. The number of amides is 2. The molecule has 3 aliphatic heterocycles. The average molecular weight is 369 g/mol. The van der Waals surface area contributed by atoms with E-state index in [2.05, 4.69) is 4.98 Å². The Labute approximate surface area is 163 Å². The van der Waals surface area contributed by atoms with Crippen molar-refractivity contribution in [2.75, 3.05) is 14.1 Å². The highest BCUT2D eigenvalue weighted by Gasteiger charge is 2.69. The lowest BCUT2D eigenvalue weighted by Gasteiger charge is -2.61. The summed E-state index contributed by atoms with van der Waals surface area (Å²) in [6.07, 6.45) is 3.40. The minimum atomic E-state index is -1.41. The van der Waals surface area contributed by atoms with Gasteiger partial charge in [-0.2, -0.15) is 0 Å². The SMILES string of the molecule is CN1C(=O)C2(c3ccccc3)C(=O)N(C)C1(c1ccccc1)c1ccncc12. The number of benzene rings is 2. The summed E-state index contributed by atoms with van der Waals surface area (Å²) in [7, 11) is 3.55. The topological polar surface area (TPSA) is 53.5 Å². The predicted octanol–water partition coefficient (Wildman–Crippen LogP) is 2.51. The third kappa shape index (κ3) is 1.65. The van der Waals surface area contributed by atoms with Crippen molar-refractivity contribution < 1.29 is 9.59 Å². The lowest BCUT2D eigenvalue weighted by atomic mass is 9.61. The molecule has 28 heavy (non-hydrogen) atoms. The van der Waals surface area contributed by atoms with E-state index in [1.165, 1.54) is 0 Å². The molecule has 0 N–H and O–H groups in total. The van der Waals surface area contributed by atoms with Crippen molar-refractivity contribution in [1.82, 2.24) is 14.8 Å². The first-order chi connectivity index (χ1) is 13.6. The van der Waals surface area contributed by atoms with E-state index in [1.807, 2.05) is 66.7 Å². The minimum Gasteiger partial charge on any atom is -0.313 e. The molecule has 5 heteroatoms. The van der Waals surface area contributed by atoms with E-state index in [-0.39, 0.29) is 11.8 Å². The normalized spacial score (nSPS) is 25.8. The first kappa shape index (κ1) is 16.7. The molecule has 2 bridgehead atoms. The van der Waals surface area contributed by atoms with Gasteiger partial charge in [-0.05, 0) is 11.6 Å². The first-order valence-corrected chi connectivity index (χ1v) is 9.20. The molecule has 3 aliphatic rings. The molecule has 138 valence electrons.